The maximum atomic E-state index is 12.7. The molecule has 0 bridgehead atoms. The number of fused-ring (bicyclic) bond motifs is 1. The summed E-state index contributed by atoms with van der Waals surface area (Å²) in [5.74, 6) is -0.0998. The second-order valence-corrected chi connectivity index (χ2v) is 9.97. The number of benzene rings is 2. The number of carbonyl (C=O) groups is 1. The lowest BCUT2D eigenvalue weighted by Gasteiger charge is -2.13. The number of nitrogens with one attached hydrogen (secondary N) is 2. The Kier molecular flexibility index (Phi) is 5.78. The SMILES string of the molecule is C[C@@H]1CC(=O)Nc2cc(S(=O)(=O)NCc3ccc(N(C)C)cc3)ccc2S1. The second kappa shape index (κ2) is 7.92. The topological polar surface area (TPSA) is 78.5 Å². The highest BCUT2D eigenvalue weighted by Gasteiger charge is 2.22. The number of nitrogens with zero attached hydrogens (tertiary/aromatic N) is 1. The molecule has 1 aliphatic heterocycles. The third-order valence-corrected chi connectivity index (χ3v) is 6.83. The van der Waals surface area contributed by atoms with Crippen molar-refractivity contribution in [2.75, 3.05) is 24.3 Å². The molecule has 0 saturated carbocycles. The van der Waals surface area contributed by atoms with Gasteiger partial charge in [-0.25, -0.2) is 13.1 Å². The summed E-state index contributed by atoms with van der Waals surface area (Å²) in [6.07, 6.45) is 0.405. The van der Waals surface area contributed by atoms with E-state index in [1.165, 1.54) is 6.07 Å². The minimum Gasteiger partial charge on any atom is -0.378 e. The molecule has 1 atom stereocenters. The monoisotopic (exact) mass is 405 g/mol. The predicted molar refractivity (Wildman–Crippen MR) is 110 cm³/mol. The summed E-state index contributed by atoms with van der Waals surface area (Å²) in [5.41, 5.74) is 2.47. The molecule has 1 heterocycles. The Hall–Kier alpha value is -2.03. The van der Waals surface area contributed by atoms with E-state index in [-0.39, 0.29) is 22.6 Å². The molecule has 0 spiro atoms. The summed E-state index contributed by atoms with van der Waals surface area (Å²) in [6, 6.07) is 12.5. The number of rotatable bonds is 5. The van der Waals surface area contributed by atoms with Crippen LogP contribution in [0.3, 0.4) is 0 Å². The fourth-order valence-corrected chi connectivity index (χ4v) is 4.87. The second-order valence-electron chi connectivity index (χ2n) is 6.72. The van der Waals surface area contributed by atoms with Crippen LogP contribution in [0.15, 0.2) is 52.3 Å². The highest BCUT2D eigenvalue weighted by molar-refractivity contribution is 8.00. The Balaban J connectivity index is 1.76. The van der Waals surface area contributed by atoms with E-state index in [1.54, 1.807) is 23.9 Å². The maximum absolute atomic E-state index is 12.7. The van der Waals surface area contributed by atoms with Gasteiger partial charge in [-0.05, 0) is 35.9 Å². The van der Waals surface area contributed by atoms with Crippen molar-refractivity contribution < 1.29 is 13.2 Å². The fourth-order valence-electron chi connectivity index (χ4n) is 2.77. The molecule has 1 amide bonds. The first kappa shape index (κ1) is 19.7. The van der Waals surface area contributed by atoms with Gasteiger partial charge >= 0.3 is 0 Å². The first-order valence-corrected chi connectivity index (χ1v) is 11.0. The minimum atomic E-state index is -3.68. The first-order valence-electron chi connectivity index (χ1n) is 8.61. The molecule has 0 unspecified atom stereocenters. The van der Waals surface area contributed by atoms with Gasteiger partial charge in [-0.3, -0.25) is 4.79 Å². The molecule has 144 valence electrons. The Bertz CT molecular complexity index is 941. The van der Waals surface area contributed by atoms with E-state index in [1.807, 2.05) is 50.2 Å². The molecule has 0 fully saturated rings. The molecule has 6 nitrogen and oxygen atoms in total. The van der Waals surface area contributed by atoms with Crippen molar-refractivity contribution >= 4 is 39.1 Å². The molecule has 0 aliphatic carbocycles. The summed E-state index contributed by atoms with van der Waals surface area (Å²) in [4.78, 5) is 14.9. The van der Waals surface area contributed by atoms with Crippen LogP contribution in [0.5, 0.6) is 0 Å². The number of anilines is 2. The molecule has 8 heteroatoms. The average Bonchev–Trinajstić information content (AvgIpc) is 2.75. The molecule has 1 aliphatic rings. The largest absolute Gasteiger partial charge is 0.378 e. The van der Waals surface area contributed by atoms with Crippen LogP contribution in [-0.2, 0) is 21.4 Å². The van der Waals surface area contributed by atoms with Crippen LogP contribution in [0.25, 0.3) is 0 Å². The molecule has 2 aromatic carbocycles. The Labute approximate surface area is 164 Å². The summed E-state index contributed by atoms with van der Waals surface area (Å²) >= 11 is 1.57. The van der Waals surface area contributed by atoms with Gasteiger partial charge in [0.15, 0.2) is 0 Å². The highest BCUT2D eigenvalue weighted by Crippen LogP contribution is 2.36. The highest BCUT2D eigenvalue weighted by atomic mass is 32.2. The molecular formula is C19H23N3O3S2. The van der Waals surface area contributed by atoms with Gasteiger partial charge in [0.2, 0.25) is 15.9 Å². The zero-order valence-electron chi connectivity index (χ0n) is 15.5. The summed E-state index contributed by atoms with van der Waals surface area (Å²) in [5, 5.41) is 2.95. The van der Waals surface area contributed by atoms with Crippen molar-refractivity contribution in [3.63, 3.8) is 0 Å². The molecule has 0 aromatic heterocycles. The molecule has 3 rings (SSSR count). The van der Waals surface area contributed by atoms with Crippen molar-refractivity contribution in [3.05, 3.63) is 48.0 Å². The lowest BCUT2D eigenvalue weighted by molar-refractivity contribution is -0.116. The van der Waals surface area contributed by atoms with Gasteiger partial charge in [0.05, 0.1) is 10.6 Å². The predicted octanol–water partition coefficient (Wildman–Crippen LogP) is 3.05. The van der Waals surface area contributed by atoms with Crippen molar-refractivity contribution in [2.24, 2.45) is 0 Å². The zero-order valence-corrected chi connectivity index (χ0v) is 17.2. The Morgan fingerprint density at radius 3 is 2.56 bits per heavy atom. The van der Waals surface area contributed by atoms with Crippen LogP contribution in [0.4, 0.5) is 11.4 Å². The minimum absolute atomic E-state index is 0.0998. The molecule has 2 N–H and O–H groups in total. The number of thioether (sulfide) groups is 1. The third-order valence-electron chi connectivity index (χ3n) is 4.26. The van der Waals surface area contributed by atoms with Gasteiger partial charge in [-0.2, -0.15) is 0 Å². The third kappa shape index (κ3) is 4.82. The molecule has 0 radical (unpaired) electrons. The number of hydrogen-bond acceptors (Lipinski definition) is 5. The standard InChI is InChI=1S/C19H23N3O3S2/c1-13-10-19(23)21-17-11-16(8-9-18(17)26-13)27(24,25)20-12-14-4-6-15(7-5-14)22(2)3/h4-9,11,13,20H,10,12H2,1-3H3,(H,21,23)/t13-/m1/s1. The fraction of sp³-hybridized carbons (Fsp3) is 0.316. The van der Waals surface area contributed by atoms with E-state index < -0.39 is 10.0 Å². The van der Waals surface area contributed by atoms with Gasteiger partial charge in [0.25, 0.3) is 0 Å². The van der Waals surface area contributed by atoms with Crippen LogP contribution in [0, 0.1) is 0 Å². The van der Waals surface area contributed by atoms with E-state index in [2.05, 4.69) is 10.0 Å². The van der Waals surface area contributed by atoms with Crippen molar-refractivity contribution in [2.45, 2.75) is 34.9 Å². The maximum Gasteiger partial charge on any atom is 0.240 e. The van der Waals surface area contributed by atoms with Crippen molar-refractivity contribution in [1.29, 1.82) is 0 Å². The zero-order chi connectivity index (χ0) is 19.6. The smallest absolute Gasteiger partial charge is 0.240 e. The first-order chi connectivity index (χ1) is 12.7. The summed E-state index contributed by atoms with van der Waals surface area (Å²) < 4.78 is 27.9. The summed E-state index contributed by atoms with van der Waals surface area (Å²) in [7, 11) is 0.222. The van der Waals surface area contributed by atoms with Crippen molar-refractivity contribution in [1.82, 2.24) is 4.72 Å². The number of carbonyl (C=O) groups excluding carboxylic acids is 1. The van der Waals surface area contributed by atoms with Crippen LogP contribution < -0.4 is 14.9 Å². The quantitative estimate of drug-likeness (QED) is 0.799. The van der Waals surface area contributed by atoms with Crippen LogP contribution in [0.2, 0.25) is 0 Å². The average molecular weight is 406 g/mol. The van der Waals surface area contributed by atoms with Gasteiger partial charge in [0, 0.05) is 42.9 Å². The molecule has 27 heavy (non-hydrogen) atoms. The van der Waals surface area contributed by atoms with Crippen LogP contribution in [-0.4, -0.2) is 33.7 Å². The lowest BCUT2D eigenvalue weighted by Crippen LogP contribution is -2.23. The normalized spacial score (nSPS) is 17.0. The van der Waals surface area contributed by atoms with E-state index in [0.29, 0.717) is 12.1 Å². The van der Waals surface area contributed by atoms with Gasteiger partial charge in [0.1, 0.15) is 0 Å². The number of sulfonamides is 1. The van der Waals surface area contributed by atoms with E-state index in [4.69, 9.17) is 0 Å². The summed E-state index contributed by atoms with van der Waals surface area (Å²) in [6.45, 7) is 2.18. The Morgan fingerprint density at radius 2 is 1.89 bits per heavy atom. The lowest BCUT2D eigenvalue weighted by atomic mass is 10.2. The van der Waals surface area contributed by atoms with E-state index >= 15 is 0 Å². The number of amides is 1. The van der Waals surface area contributed by atoms with Gasteiger partial charge in [-0.15, -0.1) is 11.8 Å². The molecular weight excluding hydrogens is 382 g/mol. The Morgan fingerprint density at radius 1 is 1.19 bits per heavy atom. The van der Waals surface area contributed by atoms with Crippen LogP contribution in [0.1, 0.15) is 18.9 Å². The van der Waals surface area contributed by atoms with E-state index in [9.17, 15) is 13.2 Å². The van der Waals surface area contributed by atoms with Crippen molar-refractivity contribution in [3.8, 4) is 0 Å². The number of hydrogen-bond donors (Lipinski definition) is 2. The molecule has 2 aromatic rings. The van der Waals surface area contributed by atoms with E-state index in [0.717, 1.165) is 16.1 Å². The van der Waals surface area contributed by atoms with Gasteiger partial charge in [-0.1, -0.05) is 19.1 Å². The van der Waals surface area contributed by atoms with Crippen LogP contribution >= 0.6 is 11.8 Å². The molecule has 0 saturated heterocycles. The van der Waals surface area contributed by atoms with Gasteiger partial charge < -0.3 is 10.2 Å².